The van der Waals surface area contributed by atoms with Gasteiger partial charge in [0, 0.05) is 25.7 Å². The lowest BCUT2D eigenvalue weighted by Gasteiger charge is -2.21. The van der Waals surface area contributed by atoms with Crippen LogP contribution in [0.3, 0.4) is 0 Å². The first kappa shape index (κ1) is 87.1. The summed E-state index contributed by atoms with van der Waals surface area (Å²) in [7, 11) is -9.89. The quantitative estimate of drug-likeness (QED) is 0.0222. The molecule has 2 unspecified atom stereocenters. The highest BCUT2D eigenvalue weighted by Crippen LogP contribution is 2.45. The summed E-state index contributed by atoms with van der Waals surface area (Å²) in [6, 6.07) is 0. The first-order valence-electron chi connectivity index (χ1n) is 36.8. The fourth-order valence-corrected chi connectivity index (χ4v) is 12.3. The van der Waals surface area contributed by atoms with Gasteiger partial charge in [-0.25, -0.2) is 9.13 Å². The van der Waals surface area contributed by atoms with Crippen LogP contribution in [0.1, 0.15) is 368 Å². The van der Waals surface area contributed by atoms with Crippen LogP contribution >= 0.6 is 15.6 Å². The Balaban J connectivity index is 5.20. The van der Waals surface area contributed by atoms with Crippen LogP contribution in [0.5, 0.6) is 0 Å². The van der Waals surface area contributed by atoms with Crippen LogP contribution in [-0.4, -0.2) is 96.7 Å². The lowest BCUT2D eigenvalue weighted by atomic mass is 10.0. The molecular formula is C70H136O17P2. The molecule has 5 atom stereocenters. The van der Waals surface area contributed by atoms with E-state index in [0.717, 1.165) is 103 Å². The van der Waals surface area contributed by atoms with Gasteiger partial charge in [-0.3, -0.25) is 37.3 Å². The van der Waals surface area contributed by atoms with E-state index in [0.29, 0.717) is 25.7 Å². The van der Waals surface area contributed by atoms with Gasteiger partial charge in [0.05, 0.1) is 26.4 Å². The molecule has 0 aliphatic carbocycles. The van der Waals surface area contributed by atoms with E-state index < -0.39 is 97.5 Å². The lowest BCUT2D eigenvalue weighted by molar-refractivity contribution is -0.161. The summed E-state index contributed by atoms with van der Waals surface area (Å²) in [5, 5.41) is 10.6. The number of carbonyl (C=O) groups is 4. The fraction of sp³-hybridized carbons (Fsp3) is 0.943. The first-order valence-corrected chi connectivity index (χ1v) is 39.8. The number of rotatable bonds is 71. The van der Waals surface area contributed by atoms with Gasteiger partial charge in [-0.1, -0.05) is 317 Å². The van der Waals surface area contributed by atoms with Gasteiger partial charge in [0.1, 0.15) is 19.3 Å². The number of aliphatic hydroxyl groups is 1. The van der Waals surface area contributed by atoms with Crippen LogP contribution in [0.15, 0.2) is 0 Å². The zero-order chi connectivity index (χ0) is 65.4. The molecule has 3 N–H and O–H groups in total. The van der Waals surface area contributed by atoms with Crippen molar-refractivity contribution >= 4 is 39.5 Å². The number of phosphoric acid groups is 2. The monoisotopic (exact) mass is 1310 g/mol. The number of phosphoric ester groups is 2. The smallest absolute Gasteiger partial charge is 0.462 e. The summed E-state index contributed by atoms with van der Waals surface area (Å²) in [5.41, 5.74) is 0. The highest BCUT2D eigenvalue weighted by molar-refractivity contribution is 7.47. The molecule has 0 aliphatic heterocycles. The van der Waals surface area contributed by atoms with Crippen LogP contribution in [0, 0.1) is 0 Å². The predicted octanol–water partition coefficient (Wildman–Crippen LogP) is 20.3. The van der Waals surface area contributed by atoms with Crippen molar-refractivity contribution in [3.8, 4) is 0 Å². The molecule has 19 heteroatoms. The van der Waals surface area contributed by atoms with Crippen molar-refractivity contribution in [2.75, 3.05) is 39.6 Å². The Bertz CT molecular complexity index is 1710. The molecule has 89 heavy (non-hydrogen) atoms. The number of carbonyl (C=O) groups excluding carboxylic acids is 4. The third kappa shape index (κ3) is 64.6. The Kier molecular flexibility index (Phi) is 63.3. The average Bonchev–Trinajstić information content (AvgIpc) is 3.61. The third-order valence-corrected chi connectivity index (χ3v) is 18.3. The van der Waals surface area contributed by atoms with Crippen LogP contribution in [0.4, 0.5) is 0 Å². The Labute approximate surface area is 543 Å². The lowest BCUT2D eigenvalue weighted by Crippen LogP contribution is -2.30. The minimum atomic E-state index is -4.95. The molecule has 0 aliphatic rings. The second-order valence-electron chi connectivity index (χ2n) is 25.3. The van der Waals surface area contributed by atoms with E-state index >= 15 is 0 Å². The van der Waals surface area contributed by atoms with Gasteiger partial charge in [-0.05, 0) is 25.7 Å². The second-order valence-corrected chi connectivity index (χ2v) is 28.2. The number of hydrogen-bond acceptors (Lipinski definition) is 15. The van der Waals surface area contributed by atoms with Crippen molar-refractivity contribution < 1.29 is 80.2 Å². The van der Waals surface area contributed by atoms with Gasteiger partial charge in [0.25, 0.3) is 0 Å². The third-order valence-electron chi connectivity index (χ3n) is 16.4. The van der Waals surface area contributed by atoms with Crippen LogP contribution in [0.25, 0.3) is 0 Å². The molecule has 0 fully saturated rings. The summed E-state index contributed by atoms with van der Waals surface area (Å²) in [5.74, 6) is -2.12. The Hall–Kier alpha value is -1.94. The maximum atomic E-state index is 13.0. The molecule has 0 saturated carbocycles. The molecule has 17 nitrogen and oxygen atoms in total. The molecule has 0 amide bonds. The molecule has 0 aromatic heterocycles. The zero-order valence-electron chi connectivity index (χ0n) is 57.4. The van der Waals surface area contributed by atoms with Crippen molar-refractivity contribution in [1.29, 1.82) is 0 Å². The number of esters is 4. The van der Waals surface area contributed by atoms with Crippen molar-refractivity contribution in [2.45, 2.75) is 386 Å². The summed E-state index contributed by atoms with van der Waals surface area (Å²) in [4.78, 5) is 72.4. The highest BCUT2D eigenvalue weighted by atomic mass is 31.2. The molecule has 0 rings (SSSR count). The average molecular weight is 1310 g/mol. The van der Waals surface area contributed by atoms with E-state index in [1.807, 2.05) is 0 Å². The van der Waals surface area contributed by atoms with Crippen LogP contribution < -0.4 is 0 Å². The van der Waals surface area contributed by atoms with Crippen molar-refractivity contribution in [3.05, 3.63) is 0 Å². The van der Waals surface area contributed by atoms with Gasteiger partial charge >= 0.3 is 39.5 Å². The first-order chi connectivity index (χ1) is 43.2. The molecule has 528 valence electrons. The van der Waals surface area contributed by atoms with Crippen molar-refractivity contribution in [3.63, 3.8) is 0 Å². The molecule has 0 saturated heterocycles. The summed E-state index contributed by atoms with van der Waals surface area (Å²) in [6.07, 6.45) is 52.7. The van der Waals surface area contributed by atoms with Crippen molar-refractivity contribution in [1.82, 2.24) is 0 Å². The van der Waals surface area contributed by atoms with E-state index in [9.17, 15) is 43.2 Å². The number of aliphatic hydroxyl groups excluding tert-OH is 1. The minimum absolute atomic E-state index is 0.108. The zero-order valence-corrected chi connectivity index (χ0v) is 59.2. The molecular weight excluding hydrogens is 1170 g/mol. The second kappa shape index (κ2) is 64.8. The van der Waals surface area contributed by atoms with Gasteiger partial charge in [0.15, 0.2) is 12.2 Å². The van der Waals surface area contributed by atoms with E-state index in [4.69, 9.17) is 37.0 Å². The fourth-order valence-electron chi connectivity index (χ4n) is 10.7. The Morgan fingerprint density at radius 2 is 0.449 bits per heavy atom. The molecule has 0 radical (unpaired) electrons. The maximum Gasteiger partial charge on any atom is 0.472 e. The summed E-state index contributed by atoms with van der Waals surface area (Å²) >= 11 is 0. The van der Waals surface area contributed by atoms with E-state index in [1.54, 1.807) is 0 Å². The largest absolute Gasteiger partial charge is 0.472 e. The Morgan fingerprint density at radius 1 is 0.270 bits per heavy atom. The topological polar surface area (TPSA) is 237 Å². The SMILES string of the molecule is CCCCCCCCCCCCCCCCCCC(=O)O[C@H](COC(=O)CCCCCCCCCCCCCCC)COP(=O)(O)OC[C@@H](O)COP(=O)(O)OC[C@@H](COC(=O)CCCCCCCCC)OC(=O)CCCCCCCCCCCCCCC. The number of hydrogen-bond donors (Lipinski definition) is 3. The van der Waals surface area contributed by atoms with E-state index in [2.05, 4.69) is 27.7 Å². The van der Waals surface area contributed by atoms with Crippen LogP contribution in [0.2, 0.25) is 0 Å². The molecule has 0 heterocycles. The summed E-state index contributed by atoms with van der Waals surface area (Å²) < 4.78 is 68.2. The van der Waals surface area contributed by atoms with Gasteiger partial charge < -0.3 is 33.8 Å². The molecule has 0 bridgehead atoms. The standard InChI is InChI=1S/C70H136O17P2/c1-5-9-13-17-21-24-27-30-31-32-35-38-41-45-49-53-57-70(75)87-66(61-81-68(73)55-51-47-43-39-36-33-28-25-22-18-14-10-6-2)63-85-89(78,79)83-59-64(71)58-82-88(76,77)84-62-65(60-80-67(72)54-50-46-42-20-16-12-8-4)86-69(74)56-52-48-44-40-37-34-29-26-23-19-15-11-7-3/h64-66,71H,5-63H2,1-4H3,(H,76,77)(H,78,79)/t64-,65+,66+/m0/s1. The van der Waals surface area contributed by atoms with E-state index in [1.165, 1.54) is 186 Å². The van der Waals surface area contributed by atoms with Crippen molar-refractivity contribution in [2.24, 2.45) is 0 Å². The van der Waals surface area contributed by atoms with E-state index in [-0.39, 0.29) is 25.7 Å². The minimum Gasteiger partial charge on any atom is -0.462 e. The molecule has 0 aromatic rings. The number of ether oxygens (including phenoxy) is 4. The number of unbranched alkanes of at least 4 members (excludes halogenated alkanes) is 45. The normalized spacial score (nSPS) is 14.0. The van der Waals surface area contributed by atoms with Crippen LogP contribution in [-0.2, 0) is 65.4 Å². The molecule has 0 aromatic carbocycles. The maximum absolute atomic E-state index is 13.0. The molecule has 0 spiro atoms. The van der Waals surface area contributed by atoms with Gasteiger partial charge in [-0.15, -0.1) is 0 Å². The van der Waals surface area contributed by atoms with Gasteiger partial charge in [0.2, 0.25) is 0 Å². The van der Waals surface area contributed by atoms with Gasteiger partial charge in [-0.2, -0.15) is 0 Å². The summed E-state index contributed by atoms with van der Waals surface area (Å²) in [6.45, 7) is 4.92. The Morgan fingerprint density at radius 3 is 0.663 bits per heavy atom. The highest BCUT2D eigenvalue weighted by Gasteiger charge is 2.30. The predicted molar refractivity (Wildman–Crippen MR) is 359 cm³/mol.